The number of nitrogens with two attached hydrogens (primary N) is 1. The lowest BCUT2D eigenvalue weighted by atomic mass is 10.0. The number of benzene rings is 1. The molecule has 0 bridgehead atoms. The maximum Gasteiger partial charge on any atom is 0.305 e. The zero-order chi connectivity index (χ0) is 24.5. The highest BCUT2D eigenvalue weighted by molar-refractivity contribution is 7.98. The van der Waals surface area contributed by atoms with Crippen molar-refractivity contribution in [3.8, 4) is 0 Å². The Kier molecular flexibility index (Phi) is 14.6. The molecule has 9 nitrogen and oxygen atoms in total. The maximum absolute atomic E-state index is 12.7. The Morgan fingerprint density at radius 1 is 1.03 bits per heavy atom. The van der Waals surface area contributed by atoms with Gasteiger partial charge < -0.3 is 26.4 Å². The van der Waals surface area contributed by atoms with Crippen molar-refractivity contribution >= 4 is 35.5 Å². The summed E-state index contributed by atoms with van der Waals surface area (Å²) < 4.78 is 4.60. The highest BCUT2D eigenvalue weighted by Crippen LogP contribution is 2.05. The lowest BCUT2D eigenvalue weighted by molar-refractivity contribution is -0.140. The van der Waals surface area contributed by atoms with E-state index in [4.69, 9.17) is 5.73 Å². The quantitative estimate of drug-likeness (QED) is 0.202. The van der Waals surface area contributed by atoms with E-state index in [1.807, 2.05) is 36.6 Å². The summed E-state index contributed by atoms with van der Waals surface area (Å²) in [6.07, 6.45) is 5.29. The number of esters is 1. The van der Waals surface area contributed by atoms with Crippen molar-refractivity contribution in [1.29, 1.82) is 0 Å². The standard InChI is InChI=1S/C23H36N4O5S/c1-32-21(29)11-7-4-8-13-25-23(31)19(15-17-9-5-3-6-10-17)27-20(28)16-26-22(30)18(24)12-14-33-2/h3,5-6,9-10,18-19H,4,7-8,11-16,24H2,1-2H3,(H,25,31)(H,26,30)(H,27,28)/t18-,19+/m1/s1. The first kappa shape index (κ1) is 28.4. The van der Waals surface area contributed by atoms with E-state index < -0.39 is 23.9 Å². The van der Waals surface area contributed by atoms with Crippen molar-refractivity contribution < 1.29 is 23.9 Å². The summed E-state index contributed by atoms with van der Waals surface area (Å²) in [7, 11) is 1.36. The molecule has 3 amide bonds. The van der Waals surface area contributed by atoms with Gasteiger partial charge in [-0.05, 0) is 36.8 Å². The summed E-state index contributed by atoms with van der Waals surface area (Å²) >= 11 is 1.59. The average molecular weight is 481 g/mol. The Morgan fingerprint density at radius 2 is 1.76 bits per heavy atom. The summed E-state index contributed by atoms with van der Waals surface area (Å²) in [5, 5.41) is 8.07. The molecule has 5 N–H and O–H groups in total. The molecule has 0 spiro atoms. The summed E-state index contributed by atoms with van der Waals surface area (Å²) in [4.78, 5) is 48.3. The second-order valence-electron chi connectivity index (χ2n) is 7.59. The van der Waals surface area contributed by atoms with E-state index in [1.54, 1.807) is 11.8 Å². The van der Waals surface area contributed by atoms with Gasteiger partial charge in [0.2, 0.25) is 17.7 Å². The van der Waals surface area contributed by atoms with E-state index in [2.05, 4.69) is 20.7 Å². The minimum Gasteiger partial charge on any atom is -0.469 e. The molecule has 0 aliphatic heterocycles. The molecule has 33 heavy (non-hydrogen) atoms. The van der Waals surface area contributed by atoms with Gasteiger partial charge in [0, 0.05) is 19.4 Å². The van der Waals surface area contributed by atoms with Gasteiger partial charge in [-0.3, -0.25) is 19.2 Å². The monoisotopic (exact) mass is 480 g/mol. The van der Waals surface area contributed by atoms with Crippen LogP contribution in [0.25, 0.3) is 0 Å². The van der Waals surface area contributed by atoms with E-state index in [9.17, 15) is 19.2 Å². The Hall–Kier alpha value is -2.59. The number of methoxy groups -OCH3 is 1. The number of ether oxygens (including phenoxy) is 1. The topological polar surface area (TPSA) is 140 Å². The number of rotatable bonds is 16. The van der Waals surface area contributed by atoms with Crippen LogP contribution in [0.5, 0.6) is 0 Å². The van der Waals surface area contributed by atoms with Gasteiger partial charge in [-0.25, -0.2) is 0 Å². The third-order valence-electron chi connectivity index (χ3n) is 4.91. The first-order valence-electron chi connectivity index (χ1n) is 11.1. The van der Waals surface area contributed by atoms with Crippen molar-refractivity contribution in [3.05, 3.63) is 35.9 Å². The number of carbonyl (C=O) groups is 4. The van der Waals surface area contributed by atoms with Crippen LogP contribution in [0.4, 0.5) is 0 Å². The van der Waals surface area contributed by atoms with E-state index in [0.29, 0.717) is 38.6 Å². The fraction of sp³-hybridized carbons (Fsp3) is 0.565. The highest BCUT2D eigenvalue weighted by atomic mass is 32.2. The molecule has 0 radical (unpaired) electrons. The molecule has 0 heterocycles. The van der Waals surface area contributed by atoms with Crippen LogP contribution in [0.1, 0.15) is 37.7 Å². The Balaban J connectivity index is 2.54. The largest absolute Gasteiger partial charge is 0.469 e. The number of unbranched alkanes of at least 4 members (excludes halogenated alkanes) is 2. The van der Waals surface area contributed by atoms with Gasteiger partial charge in [-0.15, -0.1) is 0 Å². The van der Waals surface area contributed by atoms with E-state index in [-0.39, 0.29) is 18.4 Å². The van der Waals surface area contributed by atoms with E-state index >= 15 is 0 Å². The van der Waals surface area contributed by atoms with Gasteiger partial charge in [0.15, 0.2) is 0 Å². The van der Waals surface area contributed by atoms with Crippen LogP contribution in [0.15, 0.2) is 30.3 Å². The van der Waals surface area contributed by atoms with Crippen LogP contribution in [0, 0.1) is 0 Å². The van der Waals surface area contributed by atoms with Gasteiger partial charge in [0.1, 0.15) is 6.04 Å². The smallest absolute Gasteiger partial charge is 0.305 e. The molecule has 0 unspecified atom stereocenters. The maximum atomic E-state index is 12.7. The van der Waals surface area contributed by atoms with Crippen molar-refractivity contribution in [2.45, 2.75) is 50.6 Å². The fourth-order valence-corrected chi connectivity index (χ4v) is 3.48. The highest BCUT2D eigenvalue weighted by Gasteiger charge is 2.22. The van der Waals surface area contributed by atoms with Crippen LogP contribution < -0.4 is 21.7 Å². The molecular formula is C23H36N4O5S. The molecule has 0 saturated heterocycles. The second-order valence-corrected chi connectivity index (χ2v) is 8.58. The molecule has 1 aromatic rings. The van der Waals surface area contributed by atoms with Gasteiger partial charge in [0.05, 0.1) is 19.7 Å². The number of amides is 3. The minimum atomic E-state index is -0.781. The number of carbonyl (C=O) groups excluding carboxylic acids is 4. The van der Waals surface area contributed by atoms with Crippen molar-refractivity contribution in [2.24, 2.45) is 5.73 Å². The normalized spacial score (nSPS) is 12.3. The zero-order valence-corrected chi connectivity index (χ0v) is 20.2. The van der Waals surface area contributed by atoms with Gasteiger partial charge in [0.25, 0.3) is 0 Å². The van der Waals surface area contributed by atoms with Gasteiger partial charge in [-0.1, -0.05) is 36.8 Å². The molecule has 0 fully saturated rings. The van der Waals surface area contributed by atoms with Gasteiger partial charge in [-0.2, -0.15) is 11.8 Å². The minimum absolute atomic E-state index is 0.248. The molecule has 0 aliphatic rings. The van der Waals surface area contributed by atoms with E-state index in [1.165, 1.54) is 7.11 Å². The van der Waals surface area contributed by atoms with Crippen LogP contribution in [-0.4, -0.2) is 68.0 Å². The van der Waals surface area contributed by atoms with Crippen molar-refractivity contribution in [2.75, 3.05) is 32.2 Å². The molecule has 2 atom stereocenters. The molecule has 10 heteroatoms. The number of hydrogen-bond donors (Lipinski definition) is 4. The predicted octanol–water partition coefficient (Wildman–Crippen LogP) is 0.760. The average Bonchev–Trinajstić information content (AvgIpc) is 2.82. The molecule has 1 rings (SSSR count). The second kappa shape index (κ2) is 17.0. The summed E-state index contributed by atoms with van der Waals surface area (Å²) in [5.41, 5.74) is 6.71. The summed E-state index contributed by atoms with van der Waals surface area (Å²) in [6.45, 7) is 0.181. The molecule has 0 saturated carbocycles. The third-order valence-corrected chi connectivity index (χ3v) is 5.56. The van der Waals surface area contributed by atoms with Crippen LogP contribution in [0.2, 0.25) is 0 Å². The zero-order valence-electron chi connectivity index (χ0n) is 19.4. The SMILES string of the molecule is COC(=O)CCCCCNC(=O)[C@H](Cc1ccccc1)NC(=O)CNC(=O)[C@H](N)CCSC. The van der Waals surface area contributed by atoms with Gasteiger partial charge >= 0.3 is 5.97 Å². The van der Waals surface area contributed by atoms with Crippen LogP contribution >= 0.6 is 11.8 Å². The molecule has 1 aromatic carbocycles. The fourth-order valence-electron chi connectivity index (χ4n) is 2.99. The van der Waals surface area contributed by atoms with Crippen LogP contribution in [-0.2, 0) is 30.3 Å². The predicted molar refractivity (Wildman–Crippen MR) is 130 cm³/mol. The Morgan fingerprint density at radius 3 is 2.42 bits per heavy atom. The van der Waals surface area contributed by atoms with Crippen LogP contribution in [0.3, 0.4) is 0 Å². The molecule has 184 valence electrons. The summed E-state index contributed by atoms with van der Waals surface area (Å²) in [6, 6.07) is 7.91. The lowest BCUT2D eigenvalue weighted by Crippen LogP contribution is -2.52. The first-order chi connectivity index (χ1) is 15.9. The number of hydrogen-bond acceptors (Lipinski definition) is 7. The lowest BCUT2D eigenvalue weighted by Gasteiger charge is -2.19. The number of nitrogens with one attached hydrogen (secondary N) is 3. The van der Waals surface area contributed by atoms with Crippen molar-refractivity contribution in [3.63, 3.8) is 0 Å². The van der Waals surface area contributed by atoms with Crippen molar-refractivity contribution in [1.82, 2.24) is 16.0 Å². The third kappa shape index (κ3) is 12.9. The first-order valence-corrected chi connectivity index (χ1v) is 12.5. The number of thioether (sulfide) groups is 1. The molecule has 0 aliphatic carbocycles. The molecule has 0 aromatic heterocycles. The Labute approximate surface area is 200 Å². The summed E-state index contributed by atoms with van der Waals surface area (Å²) in [5.74, 6) is -0.655. The Bertz CT molecular complexity index is 748. The van der Waals surface area contributed by atoms with E-state index in [0.717, 1.165) is 17.7 Å². The molecular weight excluding hydrogens is 444 g/mol.